The lowest BCUT2D eigenvalue weighted by Gasteiger charge is -2.15. The van der Waals surface area contributed by atoms with Gasteiger partial charge in [0.1, 0.15) is 0 Å². The Hall–Kier alpha value is -2.06. The fourth-order valence-corrected chi connectivity index (χ4v) is 1.13. The summed E-state index contributed by atoms with van der Waals surface area (Å²) >= 11 is 0. The second kappa shape index (κ2) is 8.98. The highest BCUT2D eigenvalue weighted by atomic mass is 16.8. The van der Waals surface area contributed by atoms with Crippen LogP contribution in [0.3, 0.4) is 0 Å². The smallest absolute Gasteiger partial charge is 0.314 e. The maximum absolute atomic E-state index is 11.4. The molecule has 0 saturated carbocycles. The van der Waals surface area contributed by atoms with Crippen molar-refractivity contribution in [1.82, 2.24) is 5.01 Å². The zero-order valence-corrected chi connectivity index (χ0v) is 12.9. The standard InChI is InChI=1S/C12H23N3O6/c1-12(2,3)11(18)20-9-21-13-15(19)14(4)8-6-5-7-10(16)17/h5-9H2,1-4H3,(H,16,17)/b15-13-. The molecule has 0 atom stereocenters. The van der Waals surface area contributed by atoms with E-state index in [0.717, 1.165) is 0 Å². The van der Waals surface area contributed by atoms with Crippen LogP contribution in [-0.2, 0) is 19.2 Å². The van der Waals surface area contributed by atoms with Gasteiger partial charge in [0.15, 0.2) is 0 Å². The highest BCUT2D eigenvalue weighted by molar-refractivity contribution is 5.75. The van der Waals surface area contributed by atoms with Crippen LogP contribution < -0.4 is 0 Å². The van der Waals surface area contributed by atoms with Crippen LogP contribution in [0.2, 0.25) is 0 Å². The van der Waals surface area contributed by atoms with E-state index in [4.69, 9.17) is 9.84 Å². The quantitative estimate of drug-likeness (QED) is 0.171. The zero-order chi connectivity index (χ0) is 16.5. The van der Waals surface area contributed by atoms with E-state index in [9.17, 15) is 14.8 Å². The van der Waals surface area contributed by atoms with E-state index in [0.29, 0.717) is 19.4 Å². The number of rotatable bonds is 9. The van der Waals surface area contributed by atoms with Gasteiger partial charge in [-0.05, 0) is 33.6 Å². The van der Waals surface area contributed by atoms with Gasteiger partial charge in [0.2, 0.25) is 5.28 Å². The lowest BCUT2D eigenvalue weighted by Crippen LogP contribution is -2.28. The van der Waals surface area contributed by atoms with Crippen molar-refractivity contribution in [1.29, 1.82) is 0 Å². The van der Waals surface area contributed by atoms with Crippen LogP contribution in [-0.4, -0.2) is 47.4 Å². The van der Waals surface area contributed by atoms with Crippen molar-refractivity contribution in [3.05, 3.63) is 5.21 Å². The molecule has 0 aliphatic heterocycles. The maximum atomic E-state index is 11.4. The summed E-state index contributed by atoms with van der Waals surface area (Å²) in [4.78, 5) is 26.5. The van der Waals surface area contributed by atoms with Crippen LogP contribution in [0.5, 0.6) is 0 Å². The molecule has 0 aromatic heterocycles. The minimum Gasteiger partial charge on any atom is -0.569 e. The summed E-state index contributed by atoms with van der Waals surface area (Å²) < 4.78 is 4.76. The van der Waals surface area contributed by atoms with E-state index in [1.54, 1.807) is 20.8 Å². The van der Waals surface area contributed by atoms with Crippen LogP contribution in [0.4, 0.5) is 0 Å². The first-order chi connectivity index (χ1) is 9.64. The third-order valence-corrected chi connectivity index (χ3v) is 2.40. The van der Waals surface area contributed by atoms with Gasteiger partial charge in [-0.3, -0.25) is 9.59 Å². The second-order valence-corrected chi connectivity index (χ2v) is 5.50. The van der Waals surface area contributed by atoms with Gasteiger partial charge in [-0.2, -0.15) is 0 Å². The highest BCUT2D eigenvalue weighted by Gasteiger charge is 2.23. The maximum Gasteiger partial charge on any atom is 0.314 e. The number of hydrogen-bond donors (Lipinski definition) is 1. The Bertz CT molecular complexity index is 378. The monoisotopic (exact) mass is 305 g/mol. The Morgan fingerprint density at radius 3 is 2.48 bits per heavy atom. The van der Waals surface area contributed by atoms with E-state index in [2.05, 4.69) is 10.1 Å². The van der Waals surface area contributed by atoms with E-state index in [-0.39, 0.29) is 11.4 Å². The van der Waals surface area contributed by atoms with Crippen molar-refractivity contribution < 1.29 is 29.2 Å². The van der Waals surface area contributed by atoms with Crippen LogP contribution >= 0.6 is 0 Å². The molecule has 0 unspecified atom stereocenters. The van der Waals surface area contributed by atoms with Gasteiger partial charge < -0.3 is 19.9 Å². The zero-order valence-electron chi connectivity index (χ0n) is 12.9. The number of carbonyl (C=O) groups is 2. The van der Waals surface area contributed by atoms with Gasteiger partial charge in [0.25, 0.3) is 6.79 Å². The molecule has 122 valence electrons. The molecule has 0 aliphatic carbocycles. The van der Waals surface area contributed by atoms with Crippen molar-refractivity contribution in [2.75, 3.05) is 20.4 Å². The minimum absolute atomic E-state index is 0.0586. The Morgan fingerprint density at radius 1 is 1.33 bits per heavy atom. The van der Waals surface area contributed by atoms with Gasteiger partial charge in [0, 0.05) is 6.42 Å². The molecule has 0 aliphatic rings. The number of carbonyl (C=O) groups excluding carboxylic acids is 1. The number of ether oxygens (including phenoxy) is 1. The molecule has 0 amide bonds. The van der Waals surface area contributed by atoms with E-state index in [1.165, 1.54) is 12.1 Å². The summed E-state index contributed by atoms with van der Waals surface area (Å²) in [5.74, 6) is -1.33. The Morgan fingerprint density at radius 2 is 1.95 bits per heavy atom. The summed E-state index contributed by atoms with van der Waals surface area (Å²) in [5, 5.41) is 24.3. The first kappa shape index (κ1) is 18.9. The molecule has 1 N–H and O–H groups in total. The van der Waals surface area contributed by atoms with E-state index in [1.807, 2.05) is 0 Å². The van der Waals surface area contributed by atoms with Crippen molar-refractivity contribution in [3.63, 3.8) is 0 Å². The second-order valence-electron chi connectivity index (χ2n) is 5.50. The fraction of sp³-hybridized carbons (Fsp3) is 0.833. The molecule has 0 aromatic carbocycles. The average Bonchev–Trinajstić information content (AvgIpc) is 2.37. The number of esters is 1. The predicted molar refractivity (Wildman–Crippen MR) is 71.7 cm³/mol. The fourth-order valence-electron chi connectivity index (χ4n) is 1.13. The first-order valence-corrected chi connectivity index (χ1v) is 6.55. The molecular formula is C12H23N3O6. The van der Waals surface area contributed by atoms with Gasteiger partial charge in [-0.1, -0.05) is 0 Å². The Labute approximate surface area is 123 Å². The number of hydrogen-bond acceptors (Lipinski definition) is 6. The third kappa shape index (κ3) is 9.47. The highest BCUT2D eigenvalue weighted by Crippen LogP contribution is 2.14. The molecule has 0 radical (unpaired) electrons. The minimum atomic E-state index is -0.870. The Balaban J connectivity index is 3.91. The molecular weight excluding hydrogens is 282 g/mol. The molecule has 0 heterocycles. The SMILES string of the molecule is CN(CCCCC(=O)O)/[N+]([O-])=N/OCOC(=O)C(C)(C)C. The van der Waals surface area contributed by atoms with Gasteiger partial charge in [0.05, 0.1) is 24.0 Å². The van der Waals surface area contributed by atoms with Crippen molar-refractivity contribution in [3.8, 4) is 0 Å². The molecule has 0 rings (SSSR count). The number of carboxylic acids is 1. The van der Waals surface area contributed by atoms with Gasteiger partial charge in [-0.15, -0.1) is 5.01 Å². The number of nitrogens with zero attached hydrogens (tertiary/aromatic N) is 3. The van der Waals surface area contributed by atoms with Crippen molar-refractivity contribution in [2.45, 2.75) is 40.0 Å². The van der Waals surface area contributed by atoms with Crippen molar-refractivity contribution >= 4 is 11.9 Å². The average molecular weight is 305 g/mol. The molecule has 0 fully saturated rings. The largest absolute Gasteiger partial charge is 0.569 e. The third-order valence-electron chi connectivity index (χ3n) is 2.40. The molecule has 0 aromatic rings. The molecule has 9 nitrogen and oxygen atoms in total. The predicted octanol–water partition coefficient (Wildman–Crippen LogP) is 1.53. The molecule has 9 heteroatoms. The van der Waals surface area contributed by atoms with Gasteiger partial charge >= 0.3 is 11.9 Å². The van der Waals surface area contributed by atoms with Crippen LogP contribution in [0, 0.1) is 10.6 Å². The van der Waals surface area contributed by atoms with E-state index < -0.39 is 24.1 Å². The summed E-state index contributed by atoms with van der Waals surface area (Å²) in [6.45, 7) is 4.97. The first-order valence-electron chi connectivity index (χ1n) is 6.55. The number of hydrazine groups is 1. The van der Waals surface area contributed by atoms with Crippen LogP contribution in [0.1, 0.15) is 40.0 Å². The number of unbranched alkanes of at least 4 members (excludes halogenated alkanes) is 1. The molecule has 0 bridgehead atoms. The summed E-state index contributed by atoms with van der Waals surface area (Å²) in [5.41, 5.74) is -0.651. The van der Waals surface area contributed by atoms with Crippen LogP contribution in [0.15, 0.2) is 5.28 Å². The van der Waals surface area contributed by atoms with Gasteiger partial charge in [-0.25, -0.2) is 0 Å². The summed E-state index contributed by atoms with van der Waals surface area (Å²) in [7, 11) is 1.49. The van der Waals surface area contributed by atoms with Crippen molar-refractivity contribution in [2.24, 2.45) is 10.7 Å². The summed E-state index contributed by atoms with van der Waals surface area (Å²) in [6.07, 6.45) is 1.07. The topological polar surface area (TPSA) is 114 Å². The normalized spacial score (nSPS) is 11.9. The molecule has 21 heavy (non-hydrogen) atoms. The Kier molecular flexibility index (Phi) is 8.10. The van der Waals surface area contributed by atoms with Crippen LogP contribution in [0.25, 0.3) is 0 Å². The number of aliphatic carboxylic acids is 1. The molecule has 0 saturated heterocycles. The lowest BCUT2D eigenvalue weighted by molar-refractivity contribution is -0.706. The lowest BCUT2D eigenvalue weighted by atomic mass is 9.98. The molecule has 0 spiro atoms. The van der Waals surface area contributed by atoms with E-state index >= 15 is 0 Å². The summed E-state index contributed by atoms with van der Waals surface area (Å²) in [6, 6.07) is 0. The number of carboxylic acid groups (broad SMARTS) is 1.